The number of allylic oxidation sites excluding steroid dienone is 4. The van der Waals surface area contributed by atoms with Crippen LogP contribution in [0.2, 0.25) is 19.6 Å². The molecule has 0 spiro atoms. The molecule has 0 N–H and O–H groups in total. The average Bonchev–Trinajstić information content (AvgIpc) is 3.52. The van der Waals surface area contributed by atoms with E-state index in [1.807, 2.05) is 6.07 Å². The summed E-state index contributed by atoms with van der Waals surface area (Å²) >= 11 is 1.51. The van der Waals surface area contributed by atoms with Crippen LogP contribution < -0.4 is 0 Å². The Bertz CT molecular complexity index is 1300. The summed E-state index contributed by atoms with van der Waals surface area (Å²) in [5.74, 6) is 0. The van der Waals surface area contributed by atoms with Crippen LogP contribution in [0.5, 0.6) is 0 Å². The molecule has 0 heterocycles. The molecule has 0 saturated carbocycles. The fourth-order valence-corrected chi connectivity index (χ4v) is 6.25. The Morgan fingerprint density at radius 2 is 1.39 bits per heavy atom. The zero-order valence-electron chi connectivity index (χ0n) is 26.7. The van der Waals surface area contributed by atoms with Crippen molar-refractivity contribution in [3.05, 3.63) is 118 Å². The molecule has 5 rings (SSSR count). The predicted molar refractivity (Wildman–Crippen MR) is 185 cm³/mol. The summed E-state index contributed by atoms with van der Waals surface area (Å²) in [4.78, 5) is 0. The first-order valence-electron chi connectivity index (χ1n) is 14.1. The van der Waals surface area contributed by atoms with Crippen LogP contribution in [0, 0.1) is 12.1 Å². The molecule has 0 nitrogen and oxygen atoms in total. The SMILES string of the molecule is CC(C)(C)c1c[c-]c2c(c1)-c1cc(C(C)(C)C)ccc1C2.C[C](=[Zr+2])c1ccccc1.C[Si](C)(C)C1=CC[C-]=C1.Cl.Cl. The molecule has 0 aromatic heterocycles. The molecule has 0 atom stereocenters. The van der Waals surface area contributed by atoms with Gasteiger partial charge < -0.3 is 0 Å². The van der Waals surface area contributed by atoms with Crippen LogP contribution in [0.4, 0.5) is 0 Å². The van der Waals surface area contributed by atoms with Crippen LogP contribution in [0.15, 0.2) is 78.0 Å². The van der Waals surface area contributed by atoms with Crippen molar-refractivity contribution < 1.29 is 24.2 Å². The van der Waals surface area contributed by atoms with E-state index in [1.54, 1.807) is 5.20 Å². The molecule has 0 amide bonds. The quantitative estimate of drug-likeness (QED) is 0.146. The first-order valence-corrected chi connectivity index (χ1v) is 18.9. The van der Waals surface area contributed by atoms with Gasteiger partial charge in [0.15, 0.2) is 0 Å². The molecule has 0 unspecified atom stereocenters. The van der Waals surface area contributed by atoms with Crippen molar-refractivity contribution in [3.63, 3.8) is 0 Å². The second kappa shape index (κ2) is 15.4. The Morgan fingerprint density at radius 1 is 0.805 bits per heavy atom. The van der Waals surface area contributed by atoms with Gasteiger partial charge in [0.25, 0.3) is 0 Å². The number of hydrogen-bond donors (Lipinski definition) is 0. The van der Waals surface area contributed by atoms with Gasteiger partial charge in [0.1, 0.15) is 0 Å². The van der Waals surface area contributed by atoms with Crippen molar-refractivity contribution in [2.45, 2.75) is 91.8 Å². The second-order valence-electron chi connectivity index (χ2n) is 13.8. The van der Waals surface area contributed by atoms with E-state index in [9.17, 15) is 0 Å². The van der Waals surface area contributed by atoms with Gasteiger partial charge in [0.05, 0.1) is 0 Å². The van der Waals surface area contributed by atoms with Gasteiger partial charge in [-0.2, -0.15) is 35.4 Å². The molecule has 0 aliphatic heterocycles. The van der Waals surface area contributed by atoms with Crippen LogP contribution in [0.1, 0.15) is 82.7 Å². The fourth-order valence-electron chi connectivity index (χ4n) is 4.59. The predicted octanol–water partition coefficient (Wildman–Crippen LogP) is 10.8. The van der Waals surface area contributed by atoms with E-state index >= 15 is 0 Å². The molecule has 2 aliphatic carbocycles. The van der Waals surface area contributed by atoms with Crippen molar-refractivity contribution in [2.75, 3.05) is 0 Å². The molecule has 0 radical (unpaired) electrons. The summed E-state index contributed by atoms with van der Waals surface area (Å²) in [6.07, 6.45) is 9.72. The molecule has 0 saturated heterocycles. The number of rotatable bonds is 2. The number of fused-ring (bicyclic) bond motifs is 3. The van der Waals surface area contributed by atoms with Gasteiger partial charge >= 0.3 is 70.3 Å². The normalized spacial score (nSPS) is 13.2. The summed E-state index contributed by atoms with van der Waals surface area (Å²) in [6.45, 7) is 22.9. The van der Waals surface area contributed by atoms with E-state index in [2.05, 4.69) is 147 Å². The molecule has 218 valence electrons. The molecule has 3 aromatic rings. The van der Waals surface area contributed by atoms with Gasteiger partial charge in [-0.05, 0) is 25.5 Å². The molecular formula is C37H48Cl2SiZr. The Morgan fingerprint density at radius 3 is 1.83 bits per heavy atom. The third-order valence-corrected chi connectivity index (χ3v) is 10.1. The van der Waals surface area contributed by atoms with Crippen LogP contribution in [0.3, 0.4) is 0 Å². The topological polar surface area (TPSA) is 0 Å². The van der Waals surface area contributed by atoms with Crippen molar-refractivity contribution in [3.8, 4) is 11.1 Å². The van der Waals surface area contributed by atoms with Gasteiger partial charge in [-0.15, -0.1) is 36.8 Å². The fraction of sp³-hybridized carbons (Fsp3) is 0.378. The molecule has 2 aliphatic rings. The molecule has 3 aromatic carbocycles. The van der Waals surface area contributed by atoms with E-state index in [1.165, 1.54) is 66.4 Å². The van der Waals surface area contributed by atoms with Gasteiger partial charge in [0.2, 0.25) is 0 Å². The number of benzene rings is 3. The monoisotopic (exact) mass is 680 g/mol. The van der Waals surface area contributed by atoms with Crippen LogP contribution in [0.25, 0.3) is 11.1 Å². The molecule has 0 fully saturated rings. The maximum Gasteiger partial charge on any atom is -0.0114 e. The number of hydrogen-bond acceptors (Lipinski definition) is 0. The Kier molecular flexibility index (Phi) is 14.2. The maximum absolute atomic E-state index is 3.53. The Labute approximate surface area is 279 Å². The average molecular weight is 683 g/mol. The van der Waals surface area contributed by atoms with Gasteiger partial charge in [-0.1, -0.05) is 95.9 Å². The van der Waals surface area contributed by atoms with Gasteiger partial charge in [-0.3, -0.25) is 6.08 Å². The zero-order valence-corrected chi connectivity index (χ0v) is 31.7. The minimum Gasteiger partial charge on any atom is -0.273 e. The smallest absolute Gasteiger partial charge is 0.0114 e. The Balaban J connectivity index is 0.000000351. The Hall–Kier alpha value is -1.31. The van der Waals surface area contributed by atoms with Crippen molar-refractivity contribution >= 4 is 36.1 Å². The number of halogens is 2. The van der Waals surface area contributed by atoms with Crippen molar-refractivity contribution in [1.29, 1.82) is 0 Å². The molecule has 0 bridgehead atoms. The van der Waals surface area contributed by atoms with Crippen LogP contribution in [-0.4, -0.2) is 11.3 Å². The minimum atomic E-state index is -0.981. The first-order chi connectivity index (χ1) is 18.1. The molecule has 41 heavy (non-hydrogen) atoms. The summed E-state index contributed by atoms with van der Waals surface area (Å²) in [6, 6.07) is 25.5. The summed E-state index contributed by atoms with van der Waals surface area (Å²) in [7, 11) is -0.981. The van der Waals surface area contributed by atoms with Crippen LogP contribution in [-0.2, 0) is 41.5 Å². The van der Waals surface area contributed by atoms with E-state index in [-0.39, 0.29) is 35.6 Å². The minimum absolute atomic E-state index is 0. The third-order valence-electron chi connectivity index (χ3n) is 7.30. The maximum atomic E-state index is 3.53. The largest absolute Gasteiger partial charge is 0.273 e. The summed E-state index contributed by atoms with van der Waals surface area (Å²) < 4.78 is 1.46. The standard InChI is InChI=1S/C21H25.C8H13Si.C8H8.2ClH.Zr/c1-20(2,3)16-9-7-14-11-15-8-10-17(21(4,5)6)13-19(15)18(14)12-16;1-9(2,3)8-6-4-5-7-8;1-2-8-6-4-3-5-7-8;;;/h7,9-10,12-13H,11H2,1-6H3;6-7H,4H2,1-3H3;3-7H,1H3;2*1H;/q2*-1;;;;+2. The van der Waals surface area contributed by atoms with Crippen molar-refractivity contribution in [1.82, 2.24) is 0 Å². The molecule has 4 heteroatoms. The van der Waals surface area contributed by atoms with E-state index in [4.69, 9.17) is 0 Å². The summed E-state index contributed by atoms with van der Waals surface area (Å²) in [5, 5.41) is 1.56. The second-order valence-corrected chi connectivity index (χ2v) is 20.7. The summed E-state index contributed by atoms with van der Waals surface area (Å²) in [5.41, 5.74) is 10.1. The first kappa shape index (κ1) is 37.7. The van der Waals surface area contributed by atoms with E-state index < -0.39 is 8.07 Å². The van der Waals surface area contributed by atoms with Crippen LogP contribution >= 0.6 is 24.8 Å². The van der Waals surface area contributed by atoms with Gasteiger partial charge in [-0.25, -0.2) is 11.3 Å². The third kappa shape index (κ3) is 10.7. The van der Waals surface area contributed by atoms with E-state index in [0.717, 1.165) is 12.8 Å². The van der Waals surface area contributed by atoms with E-state index in [0.29, 0.717) is 0 Å². The zero-order chi connectivity index (χ0) is 29.0. The van der Waals surface area contributed by atoms with Crippen molar-refractivity contribution in [2.24, 2.45) is 0 Å². The molecular weight excluding hydrogens is 635 g/mol. The van der Waals surface area contributed by atoms with Gasteiger partial charge in [0, 0.05) is 0 Å².